The van der Waals surface area contributed by atoms with E-state index in [1.54, 1.807) is 7.11 Å². The highest BCUT2D eigenvalue weighted by Crippen LogP contribution is 2.32. The second-order valence-corrected chi connectivity index (χ2v) is 5.30. The van der Waals surface area contributed by atoms with Crippen LogP contribution in [-0.4, -0.2) is 39.8 Å². The zero-order valence-electron chi connectivity index (χ0n) is 11.9. The summed E-state index contributed by atoms with van der Waals surface area (Å²) < 4.78 is 5.53. The van der Waals surface area contributed by atoms with Crippen LogP contribution in [0.2, 0.25) is 0 Å². The summed E-state index contributed by atoms with van der Waals surface area (Å²) in [5, 5.41) is 7.26. The molecule has 0 unspecified atom stereocenters. The summed E-state index contributed by atoms with van der Waals surface area (Å²) >= 11 is 0. The van der Waals surface area contributed by atoms with Gasteiger partial charge in [-0.3, -0.25) is 10.00 Å². The SMILES string of the molecule is CO[C@H]1C[C@@H](c2n[nH]c(C)n2)N(Cc2ccccc2)C1. The summed E-state index contributed by atoms with van der Waals surface area (Å²) in [6.07, 6.45) is 1.20. The van der Waals surface area contributed by atoms with Crippen molar-refractivity contribution in [1.82, 2.24) is 20.1 Å². The number of methoxy groups -OCH3 is 1. The lowest BCUT2D eigenvalue weighted by Gasteiger charge is -2.21. The molecule has 2 aromatic rings. The summed E-state index contributed by atoms with van der Waals surface area (Å²) in [6.45, 7) is 3.75. The van der Waals surface area contributed by atoms with Crippen LogP contribution in [0, 0.1) is 6.92 Å². The second-order valence-electron chi connectivity index (χ2n) is 5.30. The minimum atomic E-state index is 0.227. The molecule has 1 N–H and O–H groups in total. The van der Waals surface area contributed by atoms with Crippen LogP contribution in [0.3, 0.4) is 0 Å². The van der Waals surface area contributed by atoms with Gasteiger partial charge in [0.2, 0.25) is 0 Å². The molecule has 3 rings (SSSR count). The number of aryl methyl sites for hydroxylation is 1. The maximum atomic E-state index is 5.53. The fourth-order valence-electron chi connectivity index (χ4n) is 2.80. The van der Waals surface area contributed by atoms with Gasteiger partial charge in [0, 0.05) is 20.2 Å². The van der Waals surface area contributed by atoms with Crippen LogP contribution in [0.4, 0.5) is 0 Å². The van der Waals surface area contributed by atoms with Gasteiger partial charge in [0.15, 0.2) is 5.82 Å². The number of nitrogens with zero attached hydrogens (tertiary/aromatic N) is 3. The number of aromatic amines is 1. The van der Waals surface area contributed by atoms with E-state index in [1.165, 1.54) is 5.56 Å². The number of likely N-dealkylation sites (tertiary alicyclic amines) is 1. The van der Waals surface area contributed by atoms with Crippen molar-refractivity contribution in [1.29, 1.82) is 0 Å². The fourth-order valence-corrected chi connectivity index (χ4v) is 2.80. The first-order valence-corrected chi connectivity index (χ1v) is 6.96. The number of benzene rings is 1. The molecule has 1 aliphatic heterocycles. The quantitative estimate of drug-likeness (QED) is 0.926. The van der Waals surface area contributed by atoms with Gasteiger partial charge in [-0.2, -0.15) is 5.10 Å². The van der Waals surface area contributed by atoms with Crippen molar-refractivity contribution in [2.75, 3.05) is 13.7 Å². The average Bonchev–Trinajstić information content (AvgIpc) is 3.06. The molecule has 2 atom stereocenters. The molecule has 0 saturated carbocycles. The van der Waals surface area contributed by atoms with Gasteiger partial charge >= 0.3 is 0 Å². The molecule has 1 fully saturated rings. The minimum absolute atomic E-state index is 0.227. The standard InChI is InChI=1S/C15H20N4O/c1-11-16-15(18-17-11)14-8-13(20-2)10-19(14)9-12-6-4-3-5-7-12/h3-7,13-14H,8-10H2,1-2H3,(H,16,17,18)/t13-,14-/m0/s1. The van der Waals surface area contributed by atoms with E-state index in [-0.39, 0.29) is 12.1 Å². The molecular weight excluding hydrogens is 252 g/mol. The molecule has 1 saturated heterocycles. The van der Waals surface area contributed by atoms with E-state index >= 15 is 0 Å². The highest BCUT2D eigenvalue weighted by atomic mass is 16.5. The fraction of sp³-hybridized carbons (Fsp3) is 0.467. The van der Waals surface area contributed by atoms with Crippen LogP contribution in [0.25, 0.3) is 0 Å². The lowest BCUT2D eigenvalue weighted by molar-refractivity contribution is 0.107. The monoisotopic (exact) mass is 272 g/mol. The Kier molecular flexibility index (Phi) is 3.80. The normalized spacial score (nSPS) is 23.3. The van der Waals surface area contributed by atoms with Gasteiger partial charge in [-0.1, -0.05) is 30.3 Å². The predicted octanol–water partition coefficient (Wildman–Crippen LogP) is 2.08. The molecule has 0 amide bonds. The van der Waals surface area contributed by atoms with Crippen LogP contribution in [0.5, 0.6) is 0 Å². The number of ether oxygens (including phenoxy) is 1. The van der Waals surface area contributed by atoms with Gasteiger partial charge in [0.1, 0.15) is 5.82 Å². The summed E-state index contributed by atoms with van der Waals surface area (Å²) in [6, 6.07) is 10.7. The number of aromatic nitrogens is 3. The Morgan fingerprint density at radius 3 is 2.80 bits per heavy atom. The van der Waals surface area contributed by atoms with E-state index in [0.29, 0.717) is 0 Å². The molecule has 1 aromatic carbocycles. The summed E-state index contributed by atoms with van der Waals surface area (Å²) in [4.78, 5) is 6.88. The van der Waals surface area contributed by atoms with E-state index in [2.05, 4.69) is 44.3 Å². The Balaban J connectivity index is 1.79. The van der Waals surface area contributed by atoms with Gasteiger partial charge in [0.05, 0.1) is 12.1 Å². The third-order valence-electron chi connectivity index (χ3n) is 3.84. The van der Waals surface area contributed by atoms with Gasteiger partial charge in [-0.05, 0) is 18.9 Å². The number of hydrogen-bond donors (Lipinski definition) is 1. The van der Waals surface area contributed by atoms with E-state index in [1.807, 2.05) is 13.0 Å². The van der Waals surface area contributed by atoms with Gasteiger partial charge in [0.25, 0.3) is 0 Å². The van der Waals surface area contributed by atoms with Crippen LogP contribution >= 0.6 is 0 Å². The highest BCUT2D eigenvalue weighted by Gasteiger charge is 2.35. The first-order valence-electron chi connectivity index (χ1n) is 6.96. The molecule has 5 heteroatoms. The molecule has 1 aromatic heterocycles. The van der Waals surface area contributed by atoms with E-state index in [4.69, 9.17) is 4.74 Å². The average molecular weight is 272 g/mol. The number of rotatable bonds is 4. The third-order valence-corrected chi connectivity index (χ3v) is 3.84. The van der Waals surface area contributed by atoms with Crippen molar-refractivity contribution >= 4 is 0 Å². The first-order chi connectivity index (χ1) is 9.76. The van der Waals surface area contributed by atoms with Crippen molar-refractivity contribution < 1.29 is 4.74 Å². The lowest BCUT2D eigenvalue weighted by Crippen LogP contribution is -2.25. The van der Waals surface area contributed by atoms with Crippen LogP contribution in [0.15, 0.2) is 30.3 Å². The van der Waals surface area contributed by atoms with Crippen LogP contribution in [0.1, 0.15) is 29.7 Å². The predicted molar refractivity (Wildman–Crippen MR) is 76.1 cm³/mol. The van der Waals surface area contributed by atoms with Crippen molar-refractivity contribution in [2.24, 2.45) is 0 Å². The maximum absolute atomic E-state index is 5.53. The molecule has 2 heterocycles. The number of nitrogens with one attached hydrogen (secondary N) is 1. The molecule has 0 radical (unpaired) electrons. The van der Waals surface area contributed by atoms with Crippen LogP contribution in [-0.2, 0) is 11.3 Å². The number of hydrogen-bond acceptors (Lipinski definition) is 4. The zero-order valence-corrected chi connectivity index (χ0v) is 11.9. The summed E-state index contributed by atoms with van der Waals surface area (Å²) in [5.74, 6) is 1.73. The first kappa shape index (κ1) is 13.3. The Hall–Kier alpha value is -1.72. The van der Waals surface area contributed by atoms with E-state index in [0.717, 1.165) is 31.2 Å². The highest BCUT2D eigenvalue weighted by molar-refractivity contribution is 5.15. The van der Waals surface area contributed by atoms with Crippen molar-refractivity contribution in [3.8, 4) is 0 Å². The Labute approximate surface area is 119 Å². The molecule has 5 nitrogen and oxygen atoms in total. The lowest BCUT2D eigenvalue weighted by atomic mass is 10.1. The number of H-pyrrole nitrogens is 1. The Morgan fingerprint density at radius 1 is 1.35 bits per heavy atom. The van der Waals surface area contributed by atoms with E-state index in [9.17, 15) is 0 Å². The molecule has 0 bridgehead atoms. The summed E-state index contributed by atoms with van der Waals surface area (Å²) in [7, 11) is 1.77. The molecule has 0 spiro atoms. The van der Waals surface area contributed by atoms with Crippen LogP contribution < -0.4 is 0 Å². The van der Waals surface area contributed by atoms with E-state index < -0.39 is 0 Å². The molecule has 0 aliphatic carbocycles. The second kappa shape index (κ2) is 5.73. The largest absolute Gasteiger partial charge is 0.380 e. The smallest absolute Gasteiger partial charge is 0.167 e. The maximum Gasteiger partial charge on any atom is 0.167 e. The van der Waals surface area contributed by atoms with Crippen molar-refractivity contribution in [2.45, 2.75) is 32.0 Å². The van der Waals surface area contributed by atoms with Crippen molar-refractivity contribution in [3.63, 3.8) is 0 Å². The van der Waals surface area contributed by atoms with Gasteiger partial charge in [-0.15, -0.1) is 0 Å². The van der Waals surface area contributed by atoms with Gasteiger partial charge in [-0.25, -0.2) is 4.98 Å². The Morgan fingerprint density at radius 2 is 2.15 bits per heavy atom. The summed E-state index contributed by atoms with van der Waals surface area (Å²) in [5.41, 5.74) is 1.31. The third kappa shape index (κ3) is 2.73. The zero-order chi connectivity index (χ0) is 13.9. The van der Waals surface area contributed by atoms with Gasteiger partial charge < -0.3 is 4.74 Å². The molecule has 1 aliphatic rings. The molecular formula is C15H20N4O. The molecule has 20 heavy (non-hydrogen) atoms. The minimum Gasteiger partial charge on any atom is -0.380 e. The molecule has 106 valence electrons. The van der Waals surface area contributed by atoms with Crippen molar-refractivity contribution in [3.05, 3.63) is 47.5 Å². The Bertz CT molecular complexity index is 554. The topological polar surface area (TPSA) is 54.0 Å².